The molecule has 11 heavy (non-hydrogen) atoms. The van der Waals surface area contributed by atoms with Crippen molar-refractivity contribution in [3.63, 3.8) is 0 Å². The van der Waals surface area contributed by atoms with Crippen molar-refractivity contribution in [3.05, 3.63) is 12.7 Å². The monoisotopic (exact) mass is 154 g/mol. The Morgan fingerprint density at radius 1 is 1.27 bits per heavy atom. The van der Waals surface area contributed by atoms with Gasteiger partial charge in [0.05, 0.1) is 0 Å². The van der Waals surface area contributed by atoms with Gasteiger partial charge >= 0.3 is 0 Å². The summed E-state index contributed by atoms with van der Waals surface area (Å²) in [5.74, 6) is 2.47. The van der Waals surface area contributed by atoms with Crippen molar-refractivity contribution in [1.82, 2.24) is 0 Å². The molecule has 0 spiro atoms. The highest BCUT2D eigenvalue weighted by Crippen LogP contribution is 2.26. The Kier molecular flexibility index (Phi) is 5.27. The Bertz CT molecular complexity index is 103. The average molecular weight is 154 g/mol. The van der Waals surface area contributed by atoms with Crippen LogP contribution in [0.4, 0.5) is 0 Å². The first kappa shape index (κ1) is 10.7. The number of allylic oxidation sites excluding steroid dienone is 1. The van der Waals surface area contributed by atoms with Gasteiger partial charge in [0.15, 0.2) is 0 Å². The van der Waals surface area contributed by atoms with Crippen molar-refractivity contribution >= 4 is 0 Å². The van der Waals surface area contributed by atoms with E-state index in [0.717, 1.165) is 17.8 Å². The molecule has 0 aromatic rings. The first-order valence-electron chi connectivity index (χ1n) is 4.74. The normalized spacial score (nSPS) is 16.5. The number of hydrogen-bond acceptors (Lipinski definition) is 0. The molecule has 0 fully saturated rings. The molecule has 0 aromatic carbocycles. The molecule has 0 aliphatic rings. The van der Waals surface area contributed by atoms with Crippen LogP contribution in [0, 0.1) is 17.8 Å². The smallest absolute Gasteiger partial charge is 0.0320 e. The van der Waals surface area contributed by atoms with Gasteiger partial charge in [-0.05, 0) is 24.2 Å². The summed E-state index contributed by atoms with van der Waals surface area (Å²) in [4.78, 5) is 0. The summed E-state index contributed by atoms with van der Waals surface area (Å²) in [5.41, 5.74) is 0. The fourth-order valence-electron chi connectivity index (χ4n) is 1.66. The SMILES string of the molecule is C=CC[C@H](C(C)C)C(C)CC. The third-order valence-corrected chi connectivity index (χ3v) is 2.67. The summed E-state index contributed by atoms with van der Waals surface area (Å²) >= 11 is 0. The largest absolute Gasteiger partial charge is 0.103 e. The zero-order valence-electron chi connectivity index (χ0n) is 8.43. The van der Waals surface area contributed by atoms with Crippen molar-refractivity contribution in [2.24, 2.45) is 17.8 Å². The molecule has 0 bridgehead atoms. The summed E-state index contributed by atoms with van der Waals surface area (Å²) in [6.07, 6.45) is 4.51. The van der Waals surface area contributed by atoms with E-state index in [0.29, 0.717) is 0 Å². The molecule has 0 aliphatic carbocycles. The van der Waals surface area contributed by atoms with Crippen LogP contribution < -0.4 is 0 Å². The number of rotatable bonds is 5. The molecular weight excluding hydrogens is 132 g/mol. The number of hydrogen-bond donors (Lipinski definition) is 0. The van der Waals surface area contributed by atoms with Crippen LogP contribution in [-0.4, -0.2) is 0 Å². The van der Waals surface area contributed by atoms with Gasteiger partial charge in [0, 0.05) is 0 Å². The van der Waals surface area contributed by atoms with Gasteiger partial charge in [-0.25, -0.2) is 0 Å². The molecule has 0 aromatic heterocycles. The minimum atomic E-state index is 0.794. The van der Waals surface area contributed by atoms with Crippen LogP contribution in [0.1, 0.15) is 40.5 Å². The van der Waals surface area contributed by atoms with Crippen molar-refractivity contribution in [2.45, 2.75) is 40.5 Å². The van der Waals surface area contributed by atoms with Crippen LogP contribution in [0.25, 0.3) is 0 Å². The zero-order chi connectivity index (χ0) is 8.85. The van der Waals surface area contributed by atoms with E-state index < -0.39 is 0 Å². The van der Waals surface area contributed by atoms with E-state index in [1.54, 1.807) is 0 Å². The molecule has 0 aliphatic heterocycles. The van der Waals surface area contributed by atoms with Gasteiger partial charge in [0.1, 0.15) is 0 Å². The molecule has 66 valence electrons. The van der Waals surface area contributed by atoms with Crippen molar-refractivity contribution in [1.29, 1.82) is 0 Å². The molecule has 0 radical (unpaired) electrons. The maximum atomic E-state index is 3.80. The minimum absolute atomic E-state index is 0.794. The molecular formula is C11H22. The highest BCUT2D eigenvalue weighted by molar-refractivity contribution is 4.78. The van der Waals surface area contributed by atoms with Crippen LogP contribution in [0.5, 0.6) is 0 Å². The molecule has 0 N–H and O–H groups in total. The molecule has 0 saturated carbocycles. The lowest BCUT2D eigenvalue weighted by molar-refractivity contribution is 0.267. The summed E-state index contributed by atoms with van der Waals surface area (Å²) in [6, 6.07) is 0. The molecule has 0 heterocycles. The van der Waals surface area contributed by atoms with E-state index in [1.165, 1.54) is 12.8 Å². The van der Waals surface area contributed by atoms with Crippen LogP contribution in [0.15, 0.2) is 12.7 Å². The van der Waals surface area contributed by atoms with Gasteiger partial charge in [-0.2, -0.15) is 0 Å². The van der Waals surface area contributed by atoms with Crippen LogP contribution in [0.3, 0.4) is 0 Å². The maximum Gasteiger partial charge on any atom is -0.0320 e. The Labute approximate surface area is 71.7 Å². The van der Waals surface area contributed by atoms with E-state index >= 15 is 0 Å². The highest BCUT2D eigenvalue weighted by Gasteiger charge is 2.17. The lowest BCUT2D eigenvalue weighted by Gasteiger charge is -2.25. The van der Waals surface area contributed by atoms with Crippen molar-refractivity contribution < 1.29 is 0 Å². The lowest BCUT2D eigenvalue weighted by Crippen LogP contribution is -2.16. The summed E-state index contributed by atoms with van der Waals surface area (Å²) < 4.78 is 0. The van der Waals surface area contributed by atoms with Crippen LogP contribution >= 0.6 is 0 Å². The van der Waals surface area contributed by atoms with Crippen LogP contribution in [-0.2, 0) is 0 Å². The summed E-state index contributed by atoms with van der Waals surface area (Å²) in [6.45, 7) is 13.0. The fourth-order valence-corrected chi connectivity index (χ4v) is 1.66. The van der Waals surface area contributed by atoms with E-state index in [2.05, 4.69) is 40.3 Å². The zero-order valence-corrected chi connectivity index (χ0v) is 8.43. The topological polar surface area (TPSA) is 0 Å². The molecule has 0 amide bonds. The van der Waals surface area contributed by atoms with E-state index in [9.17, 15) is 0 Å². The van der Waals surface area contributed by atoms with Crippen molar-refractivity contribution in [2.75, 3.05) is 0 Å². The molecule has 0 rings (SSSR count). The second-order valence-corrected chi connectivity index (χ2v) is 3.82. The summed E-state index contributed by atoms with van der Waals surface area (Å²) in [5, 5.41) is 0. The predicted octanol–water partition coefficient (Wildman–Crippen LogP) is 3.88. The van der Waals surface area contributed by atoms with Crippen molar-refractivity contribution in [3.8, 4) is 0 Å². The van der Waals surface area contributed by atoms with Gasteiger partial charge in [-0.1, -0.05) is 40.2 Å². The molecule has 0 heteroatoms. The first-order chi connectivity index (χ1) is 5.13. The molecule has 0 saturated heterocycles. The van der Waals surface area contributed by atoms with E-state index in [-0.39, 0.29) is 0 Å². The van der Waals surface area contributed by atoms with Gasteiger partial charge in [-0.3, -0.25) is 0 Å². The second kappa shape index (κ2) is 5.40. The molecule has 1 unspecified atom stereocenters. The summed E-state index contributed by atoms with van der Waals surface area (Å²) in [7, 11) is 0. The average Bonchev–Trinajstić information content (AvgIpc) is 1.98. The van der Waals surface area contributed by atoms with Gasteiger partial charge < -0.3 is 0 Å². The van der Waals surface area contributed by atoms with E-state index in [4.69, 9.17) is 0 Å². The van der Waals surface area contributed by atoms with E-state index in [1.807, 2.05) is 0 Å². The van der Waals surface area contributed by atoms with Gasteiger partial charge in [-0.15, -0.1) is 6.58 Å². The highest BCUT2D eigenvalue weighted by atomic mass is 14.2. The third-order valence-electron chi connectivity index (χ3n) is 2.67. The predicted molar refractivity (Wildman–Crippen MR) is 52.6 cm³/mol. The molecule has 2 atom stereocenters. The van der Waals surface area contributed by atoms with Crippen LogP contribution in [0.2, 0.25) is 0 Å². The lowest BCUT2D eigenvalue weighted by atomic mass is 9.81. The Hall–Kier alpha value is -0.260. The standard InChI is InChI=1S/C11H22/c1-6-8-11(9(3)4)10(5)7-2/h6,9-11H,1,7-8H2,2-5H3/t10?,11-/m1/s1. The quantitative estimate of drug-likeness (QED) is 0.527. The molecule has 0 nitrogen and oxygen atoms in total. The maximum absolute atomic E-state index is 3.80. The first-order valence-corrected chi connectivity index (χ1v) is 4.74. The second-order valence-electron chi connectivity index (χ2n) is 3.82. The van der Waals surface area contributed by atoms with Gasteiger partial charge in [0.2, 0.25) is 0 Å². The third kappa shape index (κ3) is 3.60. The van der Waals surface area contributed by atoms with Gasteiger partial charge in [0.25, 0.3) is 0 Å². The Balaban J connectivity index is 3.96. The minimum Gasteiger partial charge on any atom is -0.103 e. The fraction of sp³-hybridized carbons (Fsp3) is 0.818. The Morgan fingerprint density at radius 2 is 1.82 bits per heavy atom. The Morgan fingerprint density at radius 3 is 2.09 bits per heavy atom.